The Balaban J connectivity index is 1.76. The molecule has 2 N–H and O–H groups in total. The van der Waals surface area contributed by atoms with Crippen LogP contribution in [0.2, 0.25) is 0 Å². The fraction of sp³-hybridized carbons (Fsp3) is 0.100. The molecule has 0 aliphatic rings. The number of nitrogens with two attached hydrogens (primary N) is 1. The van der Waals surface area contributed by atoms with Crippen LogP contribution in [0.25, 0.3) is 4.96 Å². The number of nitrogens with zero attached hydrogens (tertiary/aromatic N) is 4. The molecule has 7 heteroatoms. The summed E-state index contributed by atoms with van der Waals surface area (Å²) in [5.74, 6) is 0.665. The number of hydrogen-bond acceptors (Lipinski definition) is 6. The fourth-order valence-corrected chi connectivity index (χ4v) is 2.14. The molecule has 0 radical (unpaired) electrons. The van der Waals surface area contributed by atoms with E-state index in [9.17, 15) is 0 Å². The lowest BCUT2D eigenvalue weighted by atomic mass is 10.3. The van der Waals surface area contributed by atoms with E-state index in [2.05, 4.69) is 15.3 Å². The summed E-state index contributed by atoms with van der Waals surface area (Å²) in [7, 11) is 0. The molecule has 17 heavy (non-hydrogen) atoms. The van der Waals surface area contributed by atoms with Crippen LogP contribution in [0.3, 0.4) is 0 Å². The minimum absolute atomic E-state index is 0.377. The largest absolute Gasteiger partial charge is 0.484 e. The van der Waals surface area contributed by atoms with E-state index in [1.807, 2.05) is 18.2 Å². The topological polar surface area (TPSA) is 78.3 Å². The predicted octanol–water partition coefficient (Wildman–Crippen LogP) is 1.35. The van der Waals surface area contributed by atoms with Gasteiger partial charge in [-0.2, -0.15) is 9.61 Å². The normalized spacial score (nSPS) is 10.8. The predicted molar refractivity (Wildman–Crippen MR) is 63.8 cm³/mol. The molecule has 1 aromatic carbocycles. The van der Waals surface area contributed by atoms with Gasteiger partial charge in [0.1, 0.15) is 18.7 Å². The van der Waals surface area contributed by atoms with Crippen molar-refractivity contribution in [2.75, 3.05) is 5.73 Å². The van der Waals surface area contributed by atoms with Crippen LogP contribution in [-0.4, -0.2) is 19.8 Å². The highest BCUT2D eigenvalue weighted by Gasteiger charge is 2.06. The van der Waals surface area contributed by atoms with Crippen LogP contribution in [0.15, 0.2) is 30.6 Å². The second-order valence-corrected chi connectivity index (χ2v) is 4.42. The van der Waals surface area contributed by atoms with Gasteiger partial charge < -0.3 is 10.5 Å². The first kappa shape index (κ1) is 10.0. The van der Waals surface area contributed by atoms with Crippen molar-refractivity contribution in [2.45, 2.75) is 6.61 Å². The molecule has 0 atom stereocenters. The standard InChI is InChI=1S/C10H9N5OS/c11-7-3-1-2-4-8(7)16-5-9-14-15-6-12-13-10(15)17-9/h1-4,6H,5,11H2. The van der Waals surface area contributed by atoms with Gasteiger partial charge >= 0.3 is 0 Å². The second-order valence-electron chi connectivity index (χ2n) is 3.38. The highest BCUT2D eigenvalue weighted by molar-refractivity contribution is 7.16. The van der Waals surface area contributed by atoms with Crippen molar-refractivity contribution in [3.05, 3.63) is 35.6 Å². The lowest BCUT2D eigenvalue weighted by molar-refractivity contribution is 0.306. The monoisotopic (exact) mass is 247 g/mol. The van der Waals surface area contributed by atoms with Crippen LogP contribution in [0.5, 0.6) is 5.75 Å². The first-order valence-electron chi connectivity index (χ1n) is 4.96. The molecule has 6 nitrogen and oxygen atoms in total. The molecule has 0 saturated carbocycles. The van der Waals surface area contributed by atoms with Gasteiger partial charge in [0.15, 0.2) is 5.01 Å². The van der Waals surface area contributed by atoms with Gasteiger partial charge in [0.25, 0.3) is 0 Å². The molecule has 0 amide bonds. The van der Waals surface area contributed by atoms with E-state index in [0.29, 0.717) is 18.0 Å². The summed E-state index contributed by atoms with van der Waals surface area (Å²) in [6.07, 6.45) is 1.56. The van der Waals surface area contributed by atoms with Crippen LogP contribution >= 0.6 is 11.3 Å². The molecule has 3 aromatic rings. The molecular formula is C10H9N5OS. The Kier molecular flexibility index (Phi) is 2.37. The van der Waals surface area contributed by atoms with E-state index >= 15 is 0 Å². The zero-order valence-corrected chi connectivity index (χ0v) is 9.59. The third-order valence-electron chi connectivity index (χ3n) is 2.20. The molecule has 0 fully saturated rings. The molecule has 0 aliphatic heterocycles. The van der Waals surface area contributed by atoms with Crippen molar-refractivity contribution < 1.29 is 4.74 Å². The Morgan fingerprint density at radius 3 is 3.06 bits per heavy atom. The van der Waals surface area contributed by atoms with E-state index in [4.69, 9.17) is 10.5 Å². The Morgan fingerprint density at radius 2 is 2.24 bits per heavy atom. The first-order valence-corrected chi connectivity index (χ1v) is 5.77. The molecule has 0 spiro atoms. The number of nitrogen functional groups attached to an aromatic ring is 1. The Morgan fingerprint density at radius 1 is 1.35 bits per heavy atom. The number of rotatable bonds is 3. The zero-order valence-electron chi connectivity index (χ0n) is 8.78. The SMILES string of the molecule is Nc1ccccc1OCc1nn2cnnc2s1. The fourth-order valence-electron chi connectivity index (χ4n) is 1.41. The number of fused-ring (bicyclic) bond motifs is 1. The van der Waals surface area contributed by atoms with E-state index < -0.39 is 0 Å². The van der Waals surface area contributed by atoms with Crippen LogP contribution in [-0.2, 0) is 6.61 Å². The van der Waals surface area contributed by atoms with Crippen molar-refractivity contribution in [1.82, 2.24) is 19.8 Å². The molecule has 0 saturated heterocycles. The number of ether oxygens (including phenoxy) is 1. The quantitative estimate of drug-likeness (QED) is 0.707. The number of benzene rings is 1. The maximum absolute atomic E-state index is 5.77. The molecule has 86 valence electrons. The van der Waals surface area contributed by atoms with Gasteiger partial charge in [-0.1, -0.05) is 23.5 Å². The van der Waals surface area contributed by atoms with E-state index in [0.717, 1.165) is 9.97 Å². The van der Waals surface area contributed by atoms with E-state index in [1.165, 1.54) is 11.3 Å². The van der Waals surface area contributed by atoms with Gasteiger partial charge in [-0.3, -0.25) is 0 Å². The van der Waals surface area contributed by atoms with Crippen LogP contribution in [0, 0.1) is 0 Å². The molecule has 0 bridgehead atoms. The number of para-hydroxylation sites is 2. The minimum atomic E-state index is 0.377. The molecular weight excluding hydrogens is 238 g/mol. The van der Waals surface area contributed by atoms with E-state index in [1.54, 1.807) is 16.9 Å². The number of aromatic nitrogens is 4. The minimum Gasteiger partial charge on any atom is -0.484 e. The summed E-state index contributed by atoms with van der Waals surface area (Å²) in [6, 6.07) is 7.37. The smallest absolute Gasteiger partial charge is 0.234 e. The van der Waals surface area contributed by atoms with Gasteiger partial charge in [0.2, 0.25) is 4.96 Å². The average molecular weight is 247 g/mol. The highest BCUT2D eigenvalue weighted by Crippen LogP contribution is 2.22. The van der Waals surface area contributed by atoms with Crippen molar-refractivity contribution in [2.24, 2.45) is 0 Å². The van der Waals surface area contributed by atoms with Gasteiger partial charge in [-0.15, -0.1) is 10.2 Å². The summed E-state index contributed by atoms with van der Waals surface area (Å²) in [6.45, 7) is 0.377. The molecule has 2 heterocycles. The van der Waals surface area contributed by atoms with Gasteiger partial charge in [-0.05, 0) is 12.1 Å². The van der Waals surface area contributed by atoms with Crippen molar-refractivity contribution in [1.29, 1.82) is 0 Å². The third kappa shape index (κ3) is 1.92. The van der Waals surface area contributed by atoms with Crippen LogP contribution in [0.4, 0.5) is 5.69 Å². The van der Waals surface area contributed by atoms with Gasteiger partial charge in [-0.25, -0.2) is 0 Å². The Bertz CT molecular complexity index is 618. The second kappa shape index (κ2) is 4.02. The van der Waals surface area contributed by atoms with E-state index in [-0.39, 0.29) is 0 Å². The molecule has 3 rings (SSSR count). The van der Waals surface area contributed by atoms with Crippen LogP contribution < -0.4 is 10.5 Å². The average Bonchev–Trinajstić information content (AvgIpc) is 2.88. The number of hydrogen-bond donors (Lipinski definition) is 1. The van der Waals surface area contributed by atoms with Crippen molar-refractivity contribution in [3.8, 4) is 5.75 Å². The lowest BCUT2D eigenvalue weighted by Crippen LogP contribution is -1.98. The summed E-state index contributed by atoms with van der Waals surface area (Å²) in [4.78, 5) is 0.754. The summed E-state index contributed by atoms with van der Waals surface area (Å²) >= 11 is 1.44. The van der Waals surface area contributed by atoms with Gasteiger partial charge in [0, 0.05) is 0 Å². The molecule has 0 aliphatic carbocycles. The summed E-state index contributed by atoms with van der Waals surface area (Å²) in [5, 5.41) is 12.7. The van der Waals surface area contributed by atoms with Crippen molar-refractivity contribution >= 4 is 22.0 Å². The number of anilines is 1. The first-order chi connectivity index (χ1) is 8.33. The Labute approximate surface area is 101 Å². The molecule has 0 unspecified atom stereocenters. The van der Waals surface area contributed by atoms with Crippen LogP contribution in [0.1, 0.15) is 5.01 Å². The Hall–Kier alpha value is -2.15. The highest BCUT2D eigenvalue weighted by atomic mass is 32.1. The zero-order chi connectivity index (χ0) is 11.7. The van der Waals surface area contributed by atoms with Crippen molar-refractivity contribution in [3.63, 3.8) is 0 Å². The maximum atomic E-state index is 5.77. The van der Waals surface area contributed by atoms with Gasteiger partial charge in [0.05, 0.1) is 5.69 Å². The molecule has 2 aromatic heterocycles. The lowest BCUT2D eigenvalue weighted by Gasteiger charge is -2.05. The summed E-state index contributed by atoms with van der Waals surface area (Å²) in [5.41, 5.74) is 6.39. The maximum Gasteiger partial charge on any atom is 0.234 e. The third-order valence-corrected chi connectivity index (χ3v) is 3.09. The summed E-state index contributed by atoms with van der Waals surface area (Å²) < 4.78 is 7.21.